The van der Waals surface area contributed by atoms with E-state index in [-0.39, 0.29) is 11.5 Å². The highest BCUT2D eigenvalue weighted by atomic mass is 79.9. The van der Waals surface area contributed by atoms with Crippen molar-refractivity contribution in [1.82, 2.24) is 0 Å². The molecule has 0 aromatic heterocycles. The zero-order valence-electron chi connectivity index (χ0n) is 7.96. The second-order valence-electron chi connectivity index (χ2n) is 3.34. The summed E-state index contributed by atoms with van der Waals surface area (Å²) in [6.45, 7) is 0. The van der Waals surface area contributed by atoms with E-state index < -0.39 is 0 Å². The molecule has 6 heteroatoms. The molecular weight excluding hydrogens is 340 g/mol. The van der Waals surface area contributed by atoms with Crippen molar-refractivity contribution in [3.8, 4) is 11.5 Å². The molecule has 0 heterocycles. The van der Waals surface area contributed by atoms with Gasteiger partial charge in [0.05, 0.1) is 19.7 Å². The van der Waals surface area contributed by atoms with Gasteiger partial charge in [0.1, 0.15) is 11.5 Å². The molecule has 0 atom stereocenters. The molecule has 0 unspecified atom stereocenters. The maximum absolute atomic E-state index is 9.87. The number of phenols is 2. The molecule has 0 aliphatic rings. The maximum atomic E-state index is 9.87. The lowest BCUT2D eigenvalue weighted by atomic mass is 10.1. The van der Waals surface area contributed by atoms with Crippen LogP contribution in [0.1, 0.15) is 0 Å². The first-order valence-corrected chi connectivity index (χ1v) is 5.89. The summed E-state index contributed by atoms with van der Waals surface area (Å²) < 4.78 is 0.872. The third-order valence-electron chi connectivity index (χ3n) is 2.32. The van der Waals surface area contributed by atoms with Gasteiger partial charge >= 0.3 is 0 Å². The normalized spacial score (nSPS) is 10.9. The van der Waals surface area contributed by atoms with E-state index in [9.17, 15) is 10.2 Å². The molecule has 0 saturated carbocycles. The maximum Gasteiger partial charge on any atom is 0.139 e. The number of halogens is 2. The van der Waals surface area contributed by atoms with Crippen LogP contribution in [0, 0.1) is 0 Å². The molecule has 0 radical (unpaired) electrons. The van der Waals surface area contributed by atoms with Gasteiger partial charge in [0.25, 0.3) is 0 Å². The van der Waals surface area contributed by atoms with Crippen molar-refractivity contribution >= 4 is 54.0 Å². The van der Waals surface area contributed by atoms with Crippen LogP contribution in [0.5, 0.6) is 11.5 Å². The van der Waals surface area contributed by atoms with E-state index in [1.54, 1.807) is 0 Å². The molecule has 0 bridgehead atoms. The van der Waals surface area contributed by atoms with Crippen LogP contribution in [0.15, 0.2) is 21.1 Å². The van der Waals surface area contributed by atoms with Gasteiger partial charge in [0, 0.05) is 11.4 Å². The van der Waals surface area contributed by atoms with Crippen LogP contribution in [0.3, 0.4) is 0 Å². The summed E-state index contributed by atoms with van der Waals surface area (Å²) in [4.78, 5) is 0. The Labute approximate surface area is 108 Å². The average molecular weight is 348 g/mol. The summed E-state index contributed by atoms with van der Waals surface area (Å²) in [5, 5.41) is 20.4. The van der Waals surface area contributed by atoms with Gasteiger partial charge < -0.3 is 21.7 Å². The van der Waals surface area contributed by atoms with E-state index >= 15 is 0 Å². The van der Waals surface area contributed by atoms with Crippen LogP contribution >= 0.6 is 31.9 Å². The Balaban J connectivity index is 3.11. The molecule has 0 spiro atoms. The summed E-state index contributed by atoms with van der Waals surface area (Å²) in [7, 11) is 0. The number of anilines is 2. The van der Waals surface area contributed by atoms with Crippen LogP contribution in [-0.4, -0.2) is 10.2 Å². The van der Waals surface area contributed by atoms with Gasteiger partial charge in [0.2, 0.25) is 0 Å². The van der Waals surface area contributed by atoms with Gasteiger partial charge in [-0.05, 0) is 44.0 Å². The highest BCUT2D eigenvalue weighted by Gasteiger charge is 2.16. The summed E-state index contributed by atoms with van der Waals surface area (Å²) >= 11 is 6.33. The first-order valence-electron chi connectivity index (χ1n) is 4.31. The minimum atomic E-state index is -0.0375. The third-order valence-corrected chi connectivity index (χ3v) is 3.53. The number of aromatic hydroxyl groups is 2. The van der Waals surface area contributed by atoms with Crippen LogP contribution in [0.4, 0.5) is 11.4 Å². The van der Waals surface area contributed by atoms with Gasteiger partial charge in [-0.15, -0.1) is 0 Å². The first kappa shape index (κ1) is 11.3. The minimum Gasteiger partial charge on any atom is -0.506 e. The van der Waals surface area contributed by atoms with Gasteiger partial charge in [-0.2, -0.15) is 0 Å². The SMILES string of the molecule is Nc1cc(Br)c(O)c2c(N)cc(Br)c(O)c12. The second kappa shape index (κ2) is 3.71. The van der Waals surface area contributed by atoms with Gasteiger partial charge in [-0.25, -0.2) is 0 Å². The van der Waals surface area contributed by atoms with Crippen molar-refractivity contribution in [2.75, 3.05) is 11.5 Å². The summed E-state index contributed by atoms with van der Waals surface area (Å²) in [5.41, 5.74) is 12.3. The molecule has 0 aliphatic heterocycles. The monoisotopic (exact) mass is 346 g/mol. The number of benzene rings is 2. The highest BCUT2D eigenvalue weighted by Crippen LogP contribution is 2.46. The Bertz CT molecular complexity index is 546. The molecular formula is C10H8Br2N2O2. The van der Waals surface area contributed by atoms with Crippen molar-refractivity contribution < 1.29 is 10.2 Å². The standard InChI is InChI=1S/C10H8Br2N2O2/c11-3-1-5(13)7-8(9(3)15)6(14)2-4(12)10(7)16/h1-2,15-16H,13-14H2. The van der Waals surface area contributed by atoms with Crippen LogP contribution in [0.2, 0.25) is 0 Å². The number of nitrogens with two attached hydrogens (primary N) is 2. The topological polar surface area (TPSA) is 92.5 Å². The van der Waals surface area contributed by atoms with E-state index in [2.05, 4.69) is 31.9 Å². The van der Waals surface area contributed by atoms with Gasteiger partial charge in [0.15, 0.2) is 0 Å². The van der Waals surface area contributed by atoms with Crippen molar-refractivity contribution in [3.05, 3.63) is 21.1 Å². The Morgan fingerprint density at radius 3 is 1.44 bits per heavy atom. The number of fused-ring (bicyclic) bond motifs is 1. The predicted octanol–water partition coefficient (Wildman–Crippen LogP) is 2.94. The van der Waals surface area contributed by atoms with Gasteiger partial charge in [-0.1, -0.05) is 0 Å². The number of hydrogen-bond acceptors (Lipinski definition) is 4. The zero-order valence-corrected chi connectivity index (χ0v) is 11.1. The van der Waals surface area contributed by atoms with E-state index in [1.807, 2.05) is 0 Å². The van der Waals surface area contributed by atoms with Crippen LogP contribution in [-0.2, 0) is 0 Å². The molecule has 2 rings (SSSR count). The molecule has 2 aromatic carbocycles. The van der Waals surface area contributed by atoms with Crippen molar-refractivity contribution in [2.45, 2.75) is 0 Å². The average Bonchev–Trinajstić information content (AvgIpc) is 2.20. The molecule has 0 saturated heterocycles. The summed E-state index contributed by atoms with van der Waals surface area (Å²) in [6.07, 6.45) is 0. The number of rotatable bonds is 0. The third kappa shape index (κ3) is 1.49. The molecule has 84 valence electrons. The lowest BCUT2D eigenvalue weighted by molar-refractivity contribution is 0.472. The predicted molar refractivity (Wildman–Crippen MR) is 71.5 cm³/mol. The smallest absolute Gasteiger partial charge is 0.139 e. The lowest BCUT2D eigenvalue weighted by Crippen LogP contribution is -1.94. The Morgan fingerprint density at radius 1 is 0.812 bits per heavy atom. The molecule has 2 aromatic rings. The largest absolute Gasteiger partial charge is 0.506 e. The minimum absolute atomic E-state index is 0.0375. The van der Waals surface area contributed by atoms with Crippen molar-refractivity contribution in [2.24, 2.45) is 0 Å². The fourth-order valence-corrected chi connectivity index (χ4v) is 2.48. The molecule has 0 fully saturated rings. The summed E-state index contributed by atoms with van der Waals surface area (Å²) in [5.74, 6) is -0.0750. The Kier molecular flexibility index (Phi) is 2.63. The van der Waals surface area contributed by atoms with E-state index in [1.165, 1.54) is 12.1 Å². The van der Waals surface area contributed by atoms with Crippen LogP contribution < -0.4 is 11.5 Å². The lowest BCUT2D eigenvalue weighted by Gasteiger charge is -2.12. The zero-order chi connectivity index (χ0) is 12.0. The fraction of sp³-hybridized carbons (Fsp3) is 0. The van der Waals surface area contributed by atoms with Crippen molar-refractivity contribution in [1.29, 1.82) is 0 Å². The number of hydrogen-bond donors (Lipinski definition) is 4. The molecule has 6 N–H and O–H groups in total. The second-order valence-corrected chi connectivity index (χ2v) is 5.05. The van der Waals surface area contributed by atoms with Gasteiger partial charge in [-0.3, -0.25) is 0 Å². The first-order chi connectivity index (χ1) is 7.43. The van der Waals surface area contributed by atoms with E-state index in [0.29, 0.717) is 31.1 Å². The van der Waals surface area contributed by atoms with E-state index in [0.717, 1.165) is 0 Å². The molecule has 0 amide bonds. The van der Waals surface area contributed by atoms with E-state index in [4.69, 9.17) is 11.5 Å². The fourth-order valence-electron chi connectivity index (χ4n) is 1.59. The number of nitrogen functional groups attached to an aromatic ring is 2. The highest BCUT2D eigenvalue weighted by molar-refractivity contribution is 9.11. The molecule has 0 aliphatic carbocycles. The quantitative estimate of drug-likeness (QED) is 0.435. The van der Waals surface area contributed by atoms with Crippen LogP contribution in [0.25, 0.3) is 10.8 Å². The molecule has 16 heavy (non-hydrogen) atoms. The molecule has 4 nitrogen and oxygen atoms in total. The Hall–Kier alpha value is -1.14. The summed E-state index contributed by atoms with van der Waals surface area (Å²) in [6, 6.07) is 3.03. The number of phenolic OH excluding ortho intramolecular Hbond substituents is 2. The van der Waals surface area contributed by atoms with Crippen molar-refractivity contribution in [3.63, 3.8) is 0 Å². The Morgan fingerprint density at radius 2 is 1.12 bits per heavy atom.